The molecule has 3 aromatic carbocycles. The van der Waals surface area contributed by atoms with Gasteiger partial charge in [0, 0.05) is 17.7 Å². The standard InChI is InChI=1S/C25H15BrClN3O5S/c26-20-9-16(10-21(27)23(20)35-14-18-6-2-1-5-17(18)12-28)11-22-24(31)29(25(32)36-22)13-15-4-3-7-19(8-15)30(33)34/h1-11H,13-14H2. The van der Waals surface area contributed by atoms with Crippen LogP contribution in [0.1, 0.15) is 22.3 Å². The monoisotopic (exact) mass is 583 g/mol. The Balaban J connectivity index is 1.51. The number of carbonyl (C=O) groups excluding carboxylic acids is 2. The van der Waals surface area contributed by atoms with Crippen LogP contribution in [0.5, 0.6) is 5.75 Å². The molecule has 2 amide bonds. The zero-order valence-electron chi connectivity index (χ0n) is 18.3. The Morgan fingerprint density at radius 2 is 1.94 bits per heavy atom. The lowest BCUT2D eigenvalue weighted by atomic mass is 10.1. The van der Waals surface area contributed by atoms with Gasteiger partial charge in [0.15, 0.2) is 5.75 Å². The van der Waals surface area contributed by atoms with Crippen molar-refractivity contribution in [2.75, 3.05) is 0 Å². The van der Waals surface area contributed by atoms with Crippen LogP contribution >= 0.6 is 39.3 Å². The molecule has 180 valence electrons. The zero-order chi connectivity index (χ0) is 25.8. The quantitative estimate of drug-likeness (QED) is 0.172. The molecule has 0 unspecified atom stereocenters. The molecule has 1 heterocycles. The van der Waals surface area contributed by atoms with Crippen molar-refractivity contribution in [3.05, 3.63) is 107 Å². The van der Waals surface area contributed by atoms with Crippen molar-refractivity contribution in [2.45, 2.75) is 13.2 Å². The minimum atomic E-state index is -0.533. The Labute approximate surface area is 223 Å². The van der Waals surface area contributed by atoms with Crippen molar-refractivity contribution in [1.29, 1.82) is 5.26 Å². The van der Waals surface area contributed by atoms with Crippen LogP contribution < -0.4 is 4.74 Å². The molecule has 0 N–H and O–H groups in total. The van der Waals surface area contributed by atoms with E-state index in [1.165, 1.54) is 18.2 Å². The summed E-state index contributed by atoms with van der Waals surface area (Å²) in [5.41, 5.74) is 2.13. The highest BCUT2D eigenvalue weighted by Crippen LogP contribution is 2.38. The maximum absolute atomic E-state index is 12.9. The number of carbonyl (C=O) groups is 2. The molecule has 1 fully saturated rings. The second-order valence-electron chi connectivity index (χ2n) is 7.57. The van der Waals surface area contributed by atoms with Crippen LogP contribution in [-0.4, -0.2) is 21.0 Å². The Hall–Kier alpha value is -3.65. The molecular weight excluding hydrogens is 570 g/mol. The van der Waals surface area contributed by atoms with Gasteiger partial charge in [-0.15, -0.1) is 0 Å². The number of non-ortho nitro benzene ring substituents is 1. The fraction of sp³-hybridized carbons (Fsp3) is 0.0800. The number of nitro benzene ring substituents is 1. The van der Waals surface area contributed by atoms with Crippen molar-refractivity contribution in [3.63, 3.8) is 0 Å². The molecule has 3 aromatic rings. The molecule has 8 nitrogen and oxygen atoms in total. The van der Waals surface area contributed by atoms with Gasteiger partial charge in [-0.1, -0.05) is 41.9 Å². The van der Waals surface area contributed by atoms with Crippen LogP contribution in [0, 0.1) is 21.4 Å². The summed E-state index contributed by atoms with van der Waals surface area (Å²) in [6.07, 6.45) is 1.55. The minimum Gasteiger partial charge on any atom is -0.486 e. The van der Waals surface area contributed by atoms with Gasteiger partial charge in [0.1, 0.15) is 6.61 Å². The summed E-state index contributed by atoms with van der Waals surface area (Å²) in [6, 6.07) is 18.3. The number of hydrogen-bond donors (Lipinski definition) is 0. The second kappa shape index (κ2) is 11.0. The van der Waals surface area contributed by atoms with Crippen LogP contribution in [0.25, 0.3) is 6.08 Å². The number of rotatable bonds is 7. The Bertz CT molecular complexity index is 1450. The number of hydrogen-bond acceptors (Lipinski definition) is 7. The molecule has 11 heteroatoms. The zero-order valence-corrected chi connectivity index (χ0v) is 21.5. The van der Waals surface area contributed by atoms with Crippen LogP contribution in [0.2, 0.25) is 5.02 Å². The van der Waals surface area contributed by atoms with Gasteiger partial charge in [0.25, 0.3) is 16.8 Å². The van der Waals surface area contributed by atoms with Gasteiger partial charge in [-0.25, -0.2) is 0 Å². The van der Waals surface area contributed by atoms with E-state index in [4.69, 9.17) is 16.3 Å². The third-order valence-corrected chi connectivity index (χ3v) is 6.94. The van der Waals surface area contributed by atoms with Crippen LogP contribution in [-0.2, 0) is 17.9 Å². The predicted molar refractivity (Wildman–Crippen MR) is 139 cm³/mol. The van der Waals surface area contributed by atoms with Crippen molar-refractivity contribution < 1.29 is 19.2 Å². The highest BCUT2D eigenvalue weighted by molar-refractivity contribution is 9.10. The lowest BCUT2D eigenvalue weighted by Crippen LogP contribution is -2.27. The third-order valence-electron chi connectivity index (χ3n) is 5.16. The number of nitro groups is 1. The highest BCUT2D eigenvalue weighted by Gasteiger charge is 2.35. The Morgan fingerprint density at radius 3 is 2.67 bits per heavy atom. The van der Waals surface area contributed by atoms with E-state index in [1.54, 1.807) is 42.5 Å². The fourth-order valence-corrected chi connectivity index (χ4v) is 5.27. The van der Waals surface area contributed by atoms with E-state index in [-0.39, 0.29) is 28.8 Å². The molecule has 1 aliphatic heterocycles. The summed E-state index contributed by atoms with van der Waals surface area (Å²) in [7, 11) is 0. The molecular formula is C25H15BrClN3O5S. The molecule has 0 bridgehead atoms. The molecule has 0 aliphatic carbocycles. The summed E-state index contributed by atoms with van der Waals surface area (Å²) >= 11 is 10.6. The maximum atomic E-state index is 12.9. The van der Waals surface area contributed by atoms with E-state index in [0.29, 0.717) is 32.5 Å². The average Bonchev–Trinajstić information content (AvgIpc) is 3.11. The SMILES string of the molecule is N#Cc1ccccc1COc1c(Cl)cc(C=C2SC(=O)N(Cc3cccc([N+](=O)[O-])c3)C2=O)cc1Br. The van der Waals surface area contributed by atoms with Gasteiger partial charge in [-0.3, -0.25) is 24.6 Å². The summed E-state index contributed by atoms with van der Waals surface area (Å²) in [4.78, 5) is 37.1. The van der Waals surface area contributed by atoms with Gasteiger partial charge in [-0.05, 0) is 63.1 Å². The third kappa shape index (κ3) is 5.60. The molecule has 0 radical (unpaired) electrons. The van der Waals surface area contributed by atoms with Crippen molar-refractivity contribution >= 4 is 62.2 Å². The number of nitrogens with zero attached hydrogens (tertiary/aromatic N) is 3. The van der Waals surface area contributed by atoms with Crippen molar-refractivity contribution in [2.24, 2.45) is 0 Å². The molecule has 1 saturated heterocycles. The highest BCUT2D eigenvalue weighted by atomic mass is 79.9. The maximum Gasteiger partial charge on any atom is 0.293 e. The number of imide groups is 1. The first-order valence-electron chi connectivity index (χ1n) is 10.4. The number of thioether (sulfide) groups is 1. The van der Waals surface area contributed by atoms with E-state index >= 15 is 0 Å². The fourth-order valence-electron chi connectivity index (χ4n) is 3.44. The predicted octanol–water partition coefficient (Wildman–Crippen LogP) is 6.70. The summed E-state index contributed by atoms with van der Waals surface area (Å²) in [6.45, 7) is 0.0586. The first-order chi connectivity index (χ1) is 17.3. The number of halogens is 2. The molecule has 0 atom stereocenters. The molecule has 0 aromatic heterocycles. The number of ether oxygens (including phenoxy) is 1. The molecule has 4 rings (SSSR count). The van der Waals surface area contributed by atoms with Gasteiger partial charge >= 0.3 is 0 Å². The van der Waals surface area contributed by atoms with Gasteiger partial charge in [-0.2, -0.15) is 5.26 Å². The van der Waals surface area contributed by atoms with E-state index < -0.39 is 16.1 Å². The van der Waals surface area contributed by atoms with E-state index in [1.807, 2.05) is 6.07 Å². The summed E-state index contributed by atoms with van der Waals surface area (Å²) in [5, 5.41) is 20.1. The topological polar surface area (TPSA) is 114 Å². The average molecular weight is 585 g/mol. The number of benzene rings is 3. The molecule has 1 aliphatic rings. The minimum absolute atomic E-state index is 0.0783. The van der Waals surface area contributed by atoms with Crippen molar-refractivity contribution in [1.82, 2.24) is 4.90 Å². The van der Waals surface area contributed by atoms with Crippen molar-refractivity contribution in [3.8, 4) is 11.8 Å². The summed E-state index contributed by atoms with van der Waals surface area (Å²) < 4.78 is 6.37. The van der Waals surface area contributed by atoms with E-state index in [2.05, 4.69) is 22.0 Å². The molecule has 36 heavy (non-hydrogen) atoms. The lowest BCUT2D eigenvalue weighted by Gasteiger charge is -2.13. The first-order valence-corrected chi connectivity index (χ1v) is 12.3. The van der Waals surface area contributed by atoms with Crippen LogP contribution in [0.15, 0.2) is 70.0 Å². The molecule has 0 saturated carbocycles. The van der Waals surface area contributed by atoms with E-state index in [0.717, 1.165) is 16.7 Å². The second-order valence-corrected chi connectivity index (χ2v) is 9.82. The van der Waals surface area contributed by atoms with Crippen LogP contribution in [0.3, 0.4) is 0 Å². The van der Waals surface area contributed by atoms with E-state index in [9.17, 15) is 25.0 Å². The number of amides is 2. The van der Waals surface area contributed by atoms with Gasteiger partial charge in [0.05, 0.1) is 37.5 Å². The van der Waals surface area contributed by atoms with Crippen LogP contribution in [0.4, 0.5) is 10.5 Å². The largest absolute Gasteiger partial charge is 0.486 e. The number of nitriles is 1. The first kappa shape index (κ1) is 25.4. The normalized spacial score (nSPS) is 14.2. The Kier molecular flexibility index (Phi) is 7.74. The molecule has 0 spiro atoms. The van der Waals surface area contributed by atoms with Gasteiger partial charge in [0.2, 0.25) is 0 Å². The smallest absolute Gasteiger partial charge is 0.293 e. The lowest BCUT2D eigenvalue weighted by molar-refractivity contribution is -0.384. The Morgan fingerprint density at radius 1 is 1.17 bits per heavy atom. The van der Waals surface area contributed by atoms with Gasteiger partial charge < -0.3 is 4.74 Å². The summed E-state index contributed by atoms with van der Waals surface area (Å²) in [5.74, 6) is -0.127.